The molecular weight excluding hydrogens is 330 g/mol. The average molecular weight is 352 g/mol. The molecule has 0 fully saturated rings. The Kier molecular flexibility index (Phi) is 5.82. The predicted octanol–water partition coefficient (Wildman–Crippen LogP) is 3.92. The Bertz CT molecular complexity index is 581. The summed E-state index contributed by atoms with van der Waals surface area (Å²) in [5.41, 5.74) is 2.24. The van der Waals surface area contributed by atoms with Crippen LogP contribution in [0.15, 0.2) is 35.2 Å². The lowest BCUT2D eigenvalue weighted by Gasteiger charge is -2.15. The third-order valence-electron chi connectivity index (χ3n) is 3.27. The molecule has 0 saturated carbocycles. The molecule has 114 valence electrons. The van der Waals surface area contributed by atoms with E-state index >= 15 is 0 Å². The molecule has 0 bridgehead atoms. The molecule has 21 heavy (non-hydrogen) atoms. The molecule has 0 aliphatic carbocycles. The van der Waals surface area contributed by atoms with Gasteiger partial charge < -0.3 is 14.6 Å². The summed E-state index contributed by atoms with van der Waals surface area (Å²) in [4.78, 5) is 4.20. The molecule has 2 aromatic rings. The van der Waals surface area contributed by atoms with E-state index in [1.165, 1.54) is 0 Å². The van der Waals surface area contributed by atoms with Crippen molar-refractivity contribution in [2.24, 2.45) is 0 Å². The minimum atomic E-state index is 0.386. The summed E-state index contributed by atoms with van der Waals surface area (Å²) < 4.78 is 9.20. The third kappa shape index (κ3) is 4.32. The highest BCUT2D eigenvalue weighted by Crippen LogP contribution is 2.24. The van der Waals surface area contributed by atoms with Gasteiger partial charge in [-0.15, -0.1) is 0 Å². The lowest BCUT2D eigenvalue weighted by molar-refractivity contribution is 0.288. The first-order chi connectivity index (χ1) is 10.1. The monoisotopic (exact) mass is 351 g/mol. The second kappa shape index (κ2) is 7.61. The number of imidazole rings is 1. The number of benzene rings is 1. The van der Waals surface area contributed by atoms with Crippen molar-refractivity contribution in [1.29, 1.82) is 0 Å². The highest BCUT2D eigenvalue weighted by Gasteiger charge is 2.09. The standard InChI is InChI=1S/C16H22BrN3O/c1-4-18-8-13-7-14(17)5-6-16(13)21-10-15-9-19-11-20(15)12(2)3/h5-7,9,11-12,18H,4,8,10H2,1-3H3. The maximum atomic E-state index is 6.00. The molecule has 0 spiro atoms. The Labute approximate surface area is 134 Å². The number of nitrogens with one attached hydrogen (secondary N) is 1. The number of ether oxygens (including phenoxy) is 1. The highest BCUT2D eigenvalue weighted by molar-refractivity contribution is 9.10. The number of rotatable bonds is 7. The smallest absolute Gasteiger partial charge is 0.130 e. The van der Waals surface area contributed by atoms with Crippen molar-refractivity contribution in [3.8, 4) is 5.75 Å². The third-order valence-corrected chi connectivity index (χ3v) is 3.76. The molecule has 0 atom stereocenters. The summed E-state index contributed by atoms with van der Waals surface area (Å²) in [5, 5.41) is 3.34. The van der Waals surface area contributed by atoms with E-state index in [0.717, 1.165) is 34.6 Å². The van der Waals surface area contributed by atoms with Gasteiger partial charge in [-0.3, -0.25) is 0 Å². The van der Waals surface area contributed by atoms with E-state index in [1.807, 2.05) is 24.7 Å². The average Bonchev–Trinajstić information content (AvgIpc) is 2.92. The normalized spacial score (nSPS) is 11.1. The zero-order valence-electron chi connectivity index (χ0n) is 12.8. The molecule has 1 heterocycles. The molecule has 1 aromatic heterocycles. The first-order valence-electron chi connectivity index (χ1n) is 7.24. The van der Waals surface area contributed by atoms with Crippen molar-refractivity contribution in [2.75, 3.05) is 6.54 Å². The van der Waals surface area contributed by atoms with Gasteiger partial charge in [-0.05, 0) is 38.6 Å². The van der Waals surface area contributed by atoms with Crippen molar-refractivity contribution >= 4 is 15.9 Å². The fraction of sp³-hybridized carbons (Fsp3) is 0.438. The molecule has 1 N–H and O–H groups in total. The van der Waals surface area contributed by atoms with Crippen LogP contribution in [0, 0.1) is 0 Å². The van der Waals surface area contributed by atoms with Crippen LogP contribution < -0.4 is 10.1 Å². The molecule has 0 aliphatic rings. The molecule has 0 radical (unpaired) electrons. The Morgan fingerprint density at radius 2 is 2.19 bits per heavy atom. The Morgan fingerprint density at radius 1 is 1.38 bits per heavy atom. The van der Waals surface area contributed by atoms with E-state index in [1.54, 1.807) is 0 Å². The van der Waals surface area contributed by atoms with Gasteiger partial charge in [-0.1, -0.05) is 22.9 Å². The van der Waals surface area contributed by atoms with Crippen LogP contribution in [0.3, 0.4) is 0 Å². The van der Waals surface area contributed by atoms with E-state index in [2.05, 4.69) is 57.6 Å². The first-order valence-corrected chi connectivity index (χ1v) is 8.03. The number of halogens is 1. The van der Waals surface area contributed by atoms with Gasteiger partial charge in [0.25, 0.3) is 0 Å². The fourth-order valence-corrected chi connectivity index (χ4v) is 2.56. The van der Waals surface area contributed by atoms with Crippen molar-refractivity contribution in [2.45, 2.75) is 40.0 Å². The van der Waals surface area contributed by atoms with Gasteiger partial charge in [0.05, 0.1) is 18.2 Å². The molecule has 2 rings (SSSR count). The van der Waals surface area contributed by atoms with Crippen LogP contribution in [0.2, 0.25) is 0 Å². The molecule has 0 aliphatic heterocycles. The minimum absolute atomic E-state index is 0.386. The number of hydrogen-bond acceptors (Lipinski definition) is 3. The molecule has 1 aromatic carbocycles. The fourth-order valence-electron chi connectivity index (χ4n) is 2.15. The predicted molar refractivity (Wildman–Crippen MR) is 88.5 cm³/mol. The van der Waals surface area contributed by atoms with E-state index in [-0.39, 0.29) is 0 Å². The van der Waals surface area contributed by atoms with Gasteiger partial charge in [0.15, 0.2) is 0 Å². The van der Waals surface area contributed by atoms with Gasteiger partial charge in [-0.2, -0.15) is 0 Å². The Balaban J connectivity index is 2.10. The van der Waals surface area contributed by atoms with Gasteiger partial charge in [-0.25, -0.2) is 4.98 Å². The maximum absolute atomic E-state index is 6.00. The lowest BCUT2D eigenvalue weighted by atomic mass is 10.2. The number of nitrogens with zero attached hydrogens (tertiary/aromatic N) is 2. The quantitative estimate of drug-likeness (QED) is 0.821. The van der Waals surface area contributed by atoms with E-state index in [4.69, 9.17) is 4.74 Å². The van der Waals surface area contributed by atoms with Crippen LogP contribution in [-0.2, 0) is 13.2 Å². The molecule has 4 nitrogen and oxygen atoms in total. The minimum Gasteiger partial charge on any atom is -0.487 e. The zero-order chi connectivity index (χ0) is 15.2. The molecule has 5 heteroatoms. The summed E-state index contributed by atoms with van der Waals surface area (Å²) in [6, 6.07) is 6.49. The Morgan fingerprint density at radius 3 is 2.90 bits per heavy atom. The second-order valence-corrected chi connectivity index (χ2v) is 6.12. The zero-order valence-corrected chi connectivity index (χ0v) is 14.4. The van der Waals surface area contributed by atoms with Crippen molar-refractivity contribution in [1.82, 2.24) is 14.9 Å². The SMILES string of the molecule is CCNCc1cc(Br)ccc1OCc1cncn1C(C)C. The second-order valence-electron chi connectivity index (χ2n) is 5.21. The lowest BCUT2D eigenvalue weighted by Crippen LogP contribution is -2.13. The van der Waals surface area contributed by atoms with Crippen molar-refractivity contribution in [3.05, 3.63) is 46.5 Å². The summed E-state index contributed by atoms with van der Waals surface area (Å²) >= 11 is 3.51. The molecular formula is C16H22BrN3O. The van der Waals surface area contributed by atoms with E-state index < -0.39 is 0 Å². The van der Waals surface area contributed by atoms with Gasteiger partial charge in [0.1, 0.15) is 12.4 Å². The van der Waals surface area contributed by atoms with Crippen LogP contribution in [-0.4, -0.2) is 16.1 Å². The van der Waals surface area contributed by atoms with E-state index in [9.17, 15) is 0 Å². The number of hydrogen-bond donors (Lipinski definition) is 1. The topological polar surface area (TPSA) is 39.1 Å². The van der Waals surface area contributed by atoms with Gasteiger partial charge in [0, 0.05) is 22.6 Å². The van der Waals surface area contributed by atoms with Crippen LogP contribution in [0.25, 0.3) is 0 Å². The van der Waals surface area contributed by atoms with Crippen LogP contribution in [0.1, 0.15) is 38.1 Å². The number of aromatic nitrogens is 2. The summed E-state index contributed by atoms with van der Waals surface area (Å²) in [5.74, 6) is 0.913. The van der Waals surface area contributed by atoms with Crippen molar-refractivity contribution in [3.63, 3.8) is 0 Å². The Hall–Kier alpha value is -1.33. The van der Waals surface area contributed by atoms with Crippen LogP contribution >= 0.6 is 15.9 Å². The van der Waals surface area contributed by atoms with Crippen LogP contribution in [0.4, 0.5) is 0 Å². The van der Waals surface area contributed by atoms with Crippen molar-refractivity contribution < 1.29 is 4.74 Å². The summed E-state index contributed by atoms with van der Waals surface area (Å²) in [7, 11) is 0. The van der Waals surface area contributed by atoms with Gasteiger partial charge >= 0.3 is 0 Å². The van der Waals surface area contributed by atoms with E-state index in [0.29, 0.717) is 12.6 Å². The summed E-state index contributed by atoms with van der Waals surface area (Å²) in [6.07, 6.45) is 3.72. The molecule has 0 saturated heterocycles. The first kappa shape index (κ1) is 16.0. The molecule has 0 amide bonds. The van der Waals surface area contributed by atoms with Crippen LogP contribution in [0.5, 0.6) is 5.75 Å². The largest absolute Gasteiger partial charge is 0.487 e. The summed E-state index contributed by atoms with van der Waals surface area (Å²) in [6.45, 7) is 8.64. The molecule has 0 unspecified atom stereocenters. The van der Waals surface area contributed by atoms with Gasteiger partial charge in [0.2, 0.25) is 0 Å². The highest BCUT2D eigenvalue weighted by atomic mass is 79.9. The maximum Gasteiger partial charge on any atom is 0.130 e.